The molecule has 0 bridgehead atoms. The van der Waals surface area contributed by atoms with Gasteiger partial charge in [0.2, 0.25) is 11.8 Å². The van der Waals surface area contributed by atoms with E-state index in [4.69, 9.17) is 11.6 Å². The maximum absolute atomic E-state index is 11.5. The minimum absolute atomic E-state index is 0.0247. The standard InChI is InChI=1S/C17H22ClN3O2/c1-11(20-16(23)9-18)14-5-4-6-15-13(7-8-19-12(2)22)10-21(3)17(14)15/h4-6,10-11H,7-9H2,1-3H3,(H,19,22)(H,20,23). The van der Waals surface area contributed by atoms with Crippen LogP contribution in [0.5, 0.6) is 0 Å². The van der Waals surface area contributed by atoms with Crippen molar-refractivity contribution in [2.45, 2.75) is 26.3 Å². The van der Waals surface area contributed by atoms with Gasteiger partial charge in [-0.3, -0.25) is 9.59 Å². The van der Waals surface area contributed by atoms with Gasteiger partial charge in [-0.25, -0.2) is 0 Å². The molecule has 0 aliphatic heterocycles. The number of nitrogens with one attached hydrogen (secondary N) is 2. The van der Waals surface area contributed by atoms with Gasteiger partial charge in [0.25, 0.3) is 0 Å². The Labute approximate surface area is 141 Å². The summed E-state index contributed by atoms with van der Waals surface area (Å²) in [6, 6.07) is 5.95. The number of nitrogens with zero attached hydrogens (tertiary/aromatic N) is 1. The second kappa shape index (κ2) is 7.51. The lowest BCUT2D eigenvalue weighted by molar-refractivity contribution is -0.120. The van der Waals surface area contributed by atoms with Gasteiger partial charge in [0.15, 0.2) is 0 Å². The Balaban J connectivity index is 2.32. The number of fused-ring (bicyclic) bond motifs is 1. The van der Waals surface area contributed by atoms with Crippen LogP contribution in [-0.4, -0.2) is 28.8 Å². The van der Waals surface area contributed by atoms with Crippen LogP contribution < -0.4 is 10.6 Å². The van der Waals surface area contributed by atoms with Crippen molar-refractivity contribution in [2.24, 2.45) is 7.05 Å². The van der Waals surface area contributed by atoms with Gasteiger partial charge in [0.1, 0.15) is 5.88 Å². The number of para-hydroxylation sites is 1. The second-order valence-electron chi connectivity index (χ2n) is 5.66. The summed E-state index contributed by atoms with van der Waals surface area (Å²) in [6.45, 7) is 4.07. The molecule has 23 heavy (non-hydrogen) atoms. The summed E-state index contributed by atoms with van der Waals surface area (Å²) in [5.41, 5.74) is 3.32. The van der Waals surface area contributed by atoms with Gasteiger partial charge < -0.3 is 15.2 Å². The first-order valence-corrected chi connectivity index (χ1v) is 8.14. The molecule has 1 aromatic heterocycles. The molecule has 1 aromatic carbocycles. The summed E-state index contributed by atoms with van der Waals surface area (Å²) in [7, 11) is 1.99. The average Bonchev–Trinajstić information content (AvgIpc) is 2.83. The smallest absolute Gasteiger partial charge is 0.235 e. The van der Waals surface area contributed by atoms with Gasteiger partial charge >= 0.3 is 0 Å². The number of rotatable bonds is 6. The lowest BCUT2D eigenvalue weighted by Crippen LogP contribution is -2.27. The van der Waals surface area contributed by atoms with E-state index < -0.39 is 0 Å². The number of benzene rings is 1. The average molecular weight is 336 g/mol. The Bertz CT molecular complexity index is 724. The number of aryl methyl sites for hydroxylation is 1. The van der Waals surface area contributed by atoms with Crippen molar-refractivity contribution in [3.05, 3.63) is 35.5 Å². The highest BCUT2D eigenvalue weighted by Crippen LogP contribution is 2.28. The van der Waals surface area contributed by atoms with Crippen LogP contribution in [0.4, 0.5) is 0 Å². The van der Waals surface area contributed by atoms with Gasteiger partial charge in [-0.15, -0.1) is 11.6 Å². The van der Waals surface area contributed by atoms with Gasteiger partial charge in [0, 0.05) is 32.1 Å². The number of hydrogen-bond acceptors (Lipinski definition) is 2. The third kappa shape index (κ3) is 4.05. The third-order valence-electron chi connectivity index (χ3n) is 3.85. The lowest BCUT2D eigenvalue weighted by Gasteiger charge is -2.15. The monoisotopic (exact) mass is 335 g/mol. The molecule has 124 valence electrons. The minimum atomic E-state index is -0.184. The Morgan fingerprint density at radius 3 is 2.74 bits per heavy atom. The summed E-state index contributed by atoms with van der Waals surface area (Å²) < 4.78 is 2.07. The molecule has 1 atom stereocenters. The molecule has 0 saturated heterocycles. The molecule has 2 N–H and O–H groups in total. The van der Waals surface area contributed by atoms with Crippen molar-refractivity contribution in [2.75, 3.05) is 12.4 Å². The summed E-state index contributed by atoms with van der Waals surface area (Å²) in [4.78, 5) is 22.5. The van der Waals surface area contributed by atoms with Crippen LogP contribution in [0.15, 0.2) is 24.4 Å². The maximum atomic E-state index is 11.5. The molecule has 2 rings (SSSR count). The van der Waals surface area contributed by atoms with Crippen LogP contribution in [0.25, 0.3) is 10.9 Å². The predicted molar refractivity (Wildman–Crippen MR) is 92.6 cm³/mol. The van der Waals surface area contributed by atoms with Crippen LogP contribution in [0, 0.1) is 0 Å². The van der Waals surface area contributed by atoms with Crippen molar-refractivity contribution in [1.29, 1.82) is 0 Å². The Morgan fingerprint density at radius 2 is 2.09 bits per heavy atom. The normalized spacial score (nSPS) is 12.2. The number of carbonyl (C=O) groups is 2. The fourth-order valence-corrected chi connectivity index (χ4v) is 2.94. The zero-order chi connectivity index (χ0) is 17.0. The Kier molecular flexibility index (Phi) is 5.66. The lowest BCUT2D eigenvalue weighted by atomic mass is 10.0. The van der Waals surface area contributed by atoms with E-state index in [0.717, 1.165) is 22.9 Å². The number of hydrogen-bond donors (Lipinski definition) is 2. The SMILES string of the molecule is CC(=O)NCCc1cn(C)c2c(C(C)NC(=O)CCl)cccc12. The molecule has 0 fully saturated rings. The number of alkyl halides is 1. The summed E-state index contributed by atoms with van der Waals surface area (Å²) in [5.74, 6) is -0.255. The first kappa shape index (κ1) is 17.3. The van der Waals surface area contributed by atoms with Crippen molar-refractivity contribution in [3.8, 4) is 0 Å². The molecule has 0 saturated carbocycles. The fourth-order valence-electron chi connectivity index (χ4n) is 2.86. The zero-order valence-corrected chi connectivity index (χ0v) is 14.4. The molecule has 2 aromatic rings. The van der Waals surface area contributed by atoms with Gasteiger partial charge in [-0.1, -0.05) is 18.2 Å². The largest absolute Gasteiger partial charge is 0.356 e. The molecule has 5 nitrogen and oxygen atoms in total. The number of amides is 2. The van der Waals surface area contributed by atoms with E-state index >= 15 is 0 Å². The highest BCUT2D eigenvalue weighted by molar-refractivity contribution is 6.27. The zero-order valence-electron chi connectivity index (χ0n) is 13.6. The molecule has 6 heteroatoms. The molecule has 0 aliphatic rings. The first-order valence-electron chi connectivity index (χ1n) is 7.60. The first-order chi connectivity index (χ1) is 10.9. The van der Waals surface area contributed by atoms with Gasteiger partial charge in [0.05, 0.1) is 11.6 Å². The third-order valence-corrected chi connectivity index (χ3v) is 4.09. The van der Waals surface area contributed by atoms with Crippen LogP contribution in [0.2, 0.25) is 0 Å². The molecular formula is C17H22ClN3O2. The quantitative estimate of drug-likeness (QED) is 0.795. The predicted octanol–water partition coefficient (Wildman–Crippen LogP) is 2.27. The van der Waals surface area contributed by atoms with Crippen LogP contribution in [0.1, 0.15) is 31.0 Å². The molecule has 1 heterocycles. The Hall–Kier alpha value is -2.01. The van der Waals surface area contributed by atoms with E-state index in [-0.39, 0.29) is 23.7 Å². The summed E-state index contributed by atoms with van der Waals surface area (Å²) >= 11 is 5.57. The molecular weight excluding hydrogens is 314 g/mol. The van der Waals surface area contributed by atoms with Crippen LogP contribution in [0.3, 0.4) is 0 Å². The highest BCUT2D eigenvalue weighted by Gasteiger charge is 2.16. The molecule has 0 aliphatic carbocycles. The molecule has 0 spiro atoms. The van der Waals surface area contributed by atoms with E-state index in [1.807, 2.05) is 26.1 Å². The Morgan fingerprint density at radius 1 is 1.35 bits per heavy atom. The van der Waals surface area contributed by atoms with Crippen molar-refractivity contribution < 1.29 is 9.59 Å². The van der Waals surface area contributed by atoms with E-state index in [1.54, 1.807) is 0 Å². The van der Waals surface area contributed by atoms with E-state index in [1.165, 1.54) is 12.5 Å². The van der Waals surface area contributed by atoms with E-state index in [2.05, 4.69) is 27.5 Å². The maximum Gasteiger partial charge on any atom is 0.235 e. The molecule has 0 radical (unpaired) electrons. The minimum Gasteiger partial charge on any atom is -0.356 e. The molecule has 2 amide bonds. The highest BCUT2D eigenvalue weighted by atomic mass is 35.5. The van der Waals surface area contributed by atoms with Crippen LogP contribution in [-0.2, 0) is 23.1 Å². The fraction of sp³-hybridized carbons (Fsp3) is 0.412. The van der Waals surface area contributed by atoms with Crippen molar-refractivity contribution >= 4 is 34.3 Å². The summed E-state index contributed by atoms with van der Waals surface area (Å²) in [6.07, 6.45) is 2.84. The van der Waals surface area contributed by atoms with Gasteiger partial charge in [-0.05, 0) is 24.5 Å². The van der Waals surface area contributed by atoms with E-state index in [0.29, 0.717) is 6.54 Å². The van der Waals surface area contributed by atoms with Crippen LogP contribution >= 0.6 is 11.6 Å². The summed E-state index contributed by atoms with van der Waals surface area (Å²) in [5, 5.41) is 6.85. The molecule has 1 unspecified atom stereocenters. The number of halogens is 1. The number of carbonyl (C=O) groups excluding carboxylic acids is 2. The van der Waals surface area contributed by atoms with Crippen molar-refractivity contribution in [3.63, 3.8) is 0 Å². The van der Waals surface area contributed by atoms with Crippen molar-refractivity contribution in [1.82, 2.24) is 15.2 Å². The van der Waals surface area contributed by atoms with E-state index in [9.17, 15) is 9.59 Å². The van der Waals surface area contributed by atoms with Gasteiger partial charge in [-0.2, -0.15) is 0 Å². The topological polar surface area (TPSA) is 63.1 Å². The number of aromatic nitrogens is 1. The second-order valence-corrected chi connectivity index (χ2v) is 5.93.